The molecular formula is C17H16BrClN5O2P. The molecule has 7 nitrogen and oxygen atoms in total. The van der Waals surface area contributed by atoms with E-state index >= 15 is 0 Å². The first-order chi connectivity index (χ1) is 12.8. The minimum Gasteiger partial charge on any atom is -0.479 e. The van der Waals surface area contributed by atoms with E-state index in [0.717, 1.165) is 5.56 Å². The minimum atomic E-state index is -2.63. The molecule has 0 amide bonds. The molecule has 2 aromatic heterocycles. The van der Waals surface area contributed by atoms with Gasteiger partial charge in [0, 0.05) is 29.5 Å². The zero-order valence-corrected chi connectivity index (χ0v) is 18.0. The molecule has 0 saturated carbocycles. The largest absolute Gasteiger partial charge is 0.479 e. The fourth-order valence-corrected chi connectivity index (χ4v) is 4.05. The second kappa shape index (κ2) is 7.92. The third-order valence-electron chi connectivity index (χ3n) is 3.68. The number of anilines is 2. The summed E-state index contributed by atoms with van der Waals surface area (Å²) < 4.78 is 18.9. The molecule has 140 valence electrons. The molecule has 0 bridgehead atoms. The molecule has 0 spiro atoms. The van der Waals surface area contributed by atoms with Crippen molar-refractivity contribution in [2.75, 3.05) is 25.8 Å². The first-order valence-electron chi connectivity index (χ1n) is 7.79. The predicted molar refractivity (Wildman–Crippen MR) is 111 cm³/mol. The highest BCUT2D eigenvalue weighted by Gasteiger charge is 2.20. The number of hydrogen-bond acceptors (Lipinski definition) is 7. The molecule has 0 atom stereocenters. The van der Waals surface area contributed by atoms with Crippen molar-refractivity contribution < 1.29 is 9.30 Å². The molecule has 0 unspecified atom stereocenters. The Morgan fingerprint density at radius 2 is 1.93 bits per heavy atom. The Morgan fingerprint density at radius 3 is 2.63 bits per heavy atom. The summed E-state index contributed by atoms with van der Waals surface area (Å²) in [5.41, 5.74) is 1.99. The molecule has 1 aromatic carbocycles. The van der Waals surface area contributed by atoms with Crippen molar-refractivity contribution in [1.29, 1.82) is 0 Å². The lowest BCUT2D eigenvalue weighted by Crippen LogP contribution is -2.11. The summed E-state index contributed by atoms with van der Waals surface area (Å²) in [5.74, 6) is 0.881. The minimum absolute atomic E-state index is 0.111. The van der Waals surface area contributed by atoms with Gasteiger partial charge in [0.25, 0.3) is 0 Å². The maximum Gasteiger partial charge on any atom is 0.240 e. The third kappa shape index (κ3) is 4.46. The number of hydrogen-bond donors (Lipinski definition) is 1. The lowest BCUT2D eigenvalue weighted by Gasteiger charge is -2.17. The van der Waals surface area contributed by atoms with Crippen LogP contribution in [0.4, 0.5) is 11.5 Å². The predicted octanol–water partition coefficient (Wildman–Crippen LogP) is 4.35. The number of methoxy groups -OCH3 is 1. The van der Waals surface area contributed by atoms with Crippen LogP contribution in [0.5, 0.6) is 5.88 Å². The Balaban J connectivity index is 2.11. The Labute approximate surface area is 170 Å². The van der Waals surface area contributed by atoms with Crippen LogP contribution in [0.1, 0.15) is 0 Å². The summed E-state index contributed by atoms with van der Waals surface area (Å²) in [6, 6.07) is 5.50. The second-order valence-corrected chi connectivity index (χ2v) is 10.3. The molecule has 1 N–H and O–H groups in total. The maximum atomic E-state index is 12.9. The van der Waals surface area contributed by atoms with Crippen LogP contribution in [0, 0.1) is 0 Å². The van der Waals surface area contributed by atoms with Crippen molar-refractivity contribution in [3.63, 3.8) is 0 Å². The first-order valence-corrected chi connectivity index (χ1v) is 11.6. The van der Waals surface area contributed by atoms with E-state index < -0.39 is 7.14 Å². The summed E-state index contributed by atoms with van der Waals surface area (Å²) >= 11 is 9.27. The van der Waals surface area contributed by atoms with Crippen molar-refractivity contribution in [3.8, 4) is 17.1 Å². The number of aromatic nitrogens is 4. The average Bonchev–Trinajstić information content (AvgIpc) is 2.64. The van der Waals surface area contributed by atoms with Crippen molar-refractivity contribution >= 4 is 51.5 Å². The number of ether oxygens (including phenoxy) is 1. The molecule has 0 fully saturated rings. The Morgan fingerprint density at radius 1 is 1.19 bits per heavy atom. The topological polar surface area (TPSA) is 89.9 Å². The van der Waals surface area contributed by atoms with Crippen molar-refractivity contribution in [2.24, 2.45) is 0 Å². The van der Waals surface area contributed by atoms with Gasteiger partial charge in [0.1, 0.15) is 18.7 Å². The van der Waals surface area contributed by atoms with E-state index in [-0.39, 0.29) is 5.28 Å². The lowest BCUT2D eigenvalue weighted by atomic mass is 10.1. The molecule has 10 heteroatoms. The van der Waals surface area contributed by atoms with E-state index in [1.165, 1.54) is 7.11 Å². The van der Waals surface area contributed by atoms with Crippen LogP contribution in [0.15, 0.2) is 41.3 Å². The summed E-state index contributed by atoms with van der Waals surface area (Å²) in [7, 11) is -1.10. The SMILES string of the molecule is COc1nccnc1-c1ccc(Nc2nc(Cl)ncc2Br)c(P(C)(C)=O)c1. The smallest absolute Gasteiger partial charge is 0.240 e. The van der Waals surface area contributed by atoms with Crippen molar-refractivity contribution in [3.05, 3.63) is 46.5 Å². The quantitative estimate of drug-likeness (QED) is 0.440. The van der Waals surface area contributed by atoms with Gasteiger partial charge < -0.3 is 14.6 Å². The zero-order valence-electron chi connectivity index (χ0n) is 14.8. The molecule has 2 heterocycles. The molecular weight excluding hydrogens is 453 g/mol. The van der Waals surface area contributed by atoms with Gasteiger partial charge in [0.15, 0.2) is 0 Å². The van der Waals surface area contributed by atoms with Crippen LogP contribution < -0.4 is 15.4 Å². The van der Waals surface area contributed by atoms with Crippen LogP contribution in [0.2, 0.25) is 5.28 Å². The first kappa shape index (κ1) is 19.7. The fourth-order valence-electron chi connectivity index (χ4n) is 2.46. The maximum absolute atomic E-state index is 12.9. The number of nitrogens with one attached hydrogen (secondary N) is 1. The zero-order chi connectivity index (χ0) is 19.6. The third-order valence-corrected chi connectivity index (χ3v) is 5.97. The van der Waals surface area contributed by atoms with E-state index in [0.29, 0.717) is 32.9 Å². The summed E-state index contributed by atoms with van der Waals surface area (Å²) in [4.78, 5) is 16.6. The normalized spacial score (nSPS) is 11.3. The van der Waals surface area contributed by atoms with E-state index in [2.05, 4.69) is 41.2 Å². The number of halogens is 2. The Bertz CT molecular complexity index is 1040. The van der Waals surface area contributed by atoms with E-state index in [1.54, 1.807) is 31.9 Å². The summed E-state index contributed by atoms with van der Waals surface area (Å²) in [5, 5.41) is 3.93. The van der Waals surface area contributed by atoms with Gasteiger partial charge in [0.2, 0.25) is 11.2 Å². The van der Waals surface area contributed by atoms with Crippen LogP contribution in [-0.4, -0.2) is 40.4 Å². The van der Waals surface area contributed by atoms with Crippen LogP contribution in [0.3, 0.4) is 0 Å². The molecule has 0 aliphatic heterocycles. The van der Waals surface area contributed by atoms with E-state index in [4.69, 9.17) is 16.3 Å². The molecule has 3 aromatic rings. The van der Waals surface area contributed by atoms with Gasteiger partial charge in [-0.1, -0.05) is 6.07 Å². The van der Waals surface area contributed by atoms with Crippen LogP contribution in [-0.2, 0) is 4.57 Å². The second-order valence-electron chi connectivity index (χ2n) is 5.96. The lowest BCUT2D eigenvalue weighted by molar-refractivity contribution is 0.398. The molecule has 0 aliphatic carbocycles. The molecule has 0 aliphatic rings. The van der Waals surface area contributed by atoms with Crippen LogP contribution in [0.25, 0.3) is 11.3 Å². The van der Waals surface area contributed by atoms with Gasteiger partial charge in [0.05, 0.1) is 17.3 Å². The van der Waals surface area contributed by atoms with Gasteiger partial charge in [-0.05, 0) is 53.0 Å². The van der Waals surface area contributed by atoms with E-state index in [1.807, 2.05) is 18.2 Å². The monoisotopic (exact) mass is 467 g/mol. The highest BCUT2D eigenvalue weighted by molar-refractivity contribution is 9.10. The molecule has 0 radical (unpaired) electrons. The van der Waals surface area contributed by atoms with Crippen molar-refractivity contribution in [1.82, 2.24) is 19.9 Å². The number of nitrogens with zero attached hydrogens (tertiary/aromatic N) is 4. The van der Waals surface area contributed by atoms with Gasteiger partial charge in [-0.3, -0.25) is 0 Å². The molecule has 3 rings (SSSR count). The van der Waals surface area contributed by atoms with Gasteiger partial charge in [-0.25, -0.2) is 15.0 Å². The fraction of sp³-hybridized carbons (Fsp3) is 0.176. The Hall–Kier alpha value is -2.02. The van der Waals surface area contributed by atoms with Crippen molar-refractivity contribution in [2.45, 2.75) is 0 Å². The van der Waals surface area contributed by atoms with E-state index in [9.17, 15) is 4.57 Å². The highest BCUT2D eigenvalue weighted by atomic mass is 79.9. The number of rotatable bonds is 5. The van der Waals surface area contributed by atoms with Gasteiger partial charge >= 0.3 is 0 Å². The molecule has 0 saturated heterocycles. The number of benzene rings is 1. The summed E-state index contributed by atoms with van der Waals surface area (Å²) in [6.45, 7) is 3.40. The standard InChI is InChI=1S/C17H16BrClN5O2P/c1-26-16-14(20-6-7-21-16)10-4-5-12(13(8-10)27(2,3)25)23-15-11(18)9-22-17(19)24-15/h4-9H,1-3H3,(H,22,23,24). The summed E-state index contributed by atoms with van der Waals surface area (Å²) in [6.07, 6.45) is 4.69. The highest BCUT2D eigenvalue weighted by Crippen LogP contribution is 2.40. The Kier molecular flexibility index (Phi) is 5.79. The molecule has 27 heavy (non-hydrogen) atoms. The van der Waals surface area contributed by atoms with Crippen LogP contribution >= 0.6 is 34.7 Å². The van der Waals surface area contributed by atoms with Gasteiger partial charge in [-0.2, -0.15) is 4.98 Å². The average molecular weight is 469 g/mol. The van der Waals surface area contributed by atoms with Gasteiger partial charge in [-0.15, -0.1) is 0 Å².